The zero-order chi connectivity index (χ0) is 14.1. The first kappa shape index (κ1) is 15.3. The van der Waals surface area contributed by atoms with Crippen molar-refractivity contribution < 1.29 is 14.6 Å². The number of carboxylic acids is 1. The molecule has 0 radical (unpaired) electrons. The molecule has 0 aliphatic heterocycles. The third-order valence-corrected chi connectivity index (χ3v) is 3.06. The highest BCUT2D eigenvalue weighted by atomic mass is 16.5. The number of ether oxygens (including phenoxy) is 1. The van der Waals surface area contributed by atoms with Crippen molar-refractivity contribution in [2.45, 2.75) is 39.0 Å². The molecule has 0 aromatic heterocycles. The maximum Gasteiger partial charge on any atom is 0.339 e. The van der Waals surface area contributed by atoms with Crippen molar-refractivity contribution in [2.75, 3.05) is 7.11 Å². The van der Waals surface area contributed by atoms with Crippen LogP contribution in [0.3, 0.4) is 0 Å². The van der Waals surface area contributed by atoms with Crippen molar-refractivity contribution >= 4 is 11.5 Å². The predicted octanol–water partition coefficient (Wildman–Crippen LogP) is 4.10. The van der Waals surface area contributed by atoms with E-state index in [1.165, 1.54) is 6.42 Å². The highest BCUT2D eigenvalue weighted by Crippen LogP contribution is 2.23. The molecule has 3 nitrogen and oxygen atoms in total. The van der Waals surface area contributed by atoms with Crippen molar-refractivity contribution in [3.8, 4) is 0 Å². The fraction of sp³-hybridized carbons (Fsp3) is 0.438. The van der Waals surface area contributed by atoms with E-state index < -0.39 is 5.97 Å². The second-order valence-electron chi connectivity index (χ2n) is 4.48. The Morgan fingerprint density at radius 3 is 2.37 bits per heavy atom. The van der Waals surface area contributed by atoms with Crippen LogP contribution in [0, 0.1) is 0 Å². The van der Waals surface area contributed by atoms with Crippen molar-refractivity contribution in [2.24, 2.45) is 0 Å². The van der Waals surface area contributed by atoms with Gasteiger partial charge in [0.1, 0.15) is 11.3 Å². The summed E-state index contributed by atoms with van der Waals surface area (Å²) in [6.07, 6.45) is 5.07. The summed E-state index contributed by atoms with van der Waals surface area (Å²) >= 11 is 0. The molecule has 0 fully saturated rings. The summed E-state index contributed by atoms with van der Waals surface area (Å²) in [6.45, 7) is 2.15. The molecule has 3 heteroatoms. The number of unbranched alkanes of at least 4 members (excludes halogenated alkanes) is 3. The summed E-state index contributed by atoms with van der Waals surface area (Å²) in [7, 11) is 1.54. The molecule has 0 unspecified atom stereocenters. The molecule has 0 bridgehead atoms. The van der Waals surface area contributed by atoms with Crippen LogP contribution in [0.5, 0.6) is 0 Å². The molecule has 0 aliphatic carbocycles. The first-order valence-electron chi connectivity index (χ1n) is 6.76. The molecule has 0 aliphatic rings. The van der Waals surface area contributed by atoms with Crippen molar-refractivity contribution in [3.05, 3.63) is 41.7 Å². The first-order chi connectivity index (χ1) is 9.20. The zero-order valence-electron chi connectivity index (χ0n) is 11.7. The number of carboxylic acid groups (broad SMARTS) is 1. The van der Waals surface area contributed by atoms with Crippen LogP contribution in [0.2, 0.25) is 0 Å². The molecule has 0 atom stereocenters. The molecule has 104 valence electrons. The fourth-order valence-electron chi connectivity index (χ4n) is 2.05. The summed E-state index contributed by atoms with van der Waals surface area (Å²) < 4.78 is 5.31. The molecule has 1 aromatic rings. The van der Waals surface area contributed by atoms with E-state index in [4.69, 9.17) is 4.74 Å². The second-order valence-corrected chi connectivity index (χ2v) is 4.48. The van der Waals surface area contributed by atoms with Gasteiger partial charge >= 0.3 is 5.97 Å². The molecule has 1 N–H and O–H groups in total. The largest absolute Gasteiger partial charge is 0.500 e. The van der Waals surface area contributed by atoms with Gasteiger partial charge in [-0.1, -0.05) is 56.5 Å². The number of allylic oxidation sites excluding steroid dienone is 1. The average molecular weight is 262 g/mol. The Morgan fingerprint density at radius 1 is 1.16 bits per heavy atom. The monoisotopic (exact) mass is 262 g/mol. The van der Waals surface area contributed by atoms with Gasteiger partial charge in [0.05, 0.1) is 7.11 Å². The van der Waals surface area contributed by atoms with E-state index in [2.05, 4.69) is 6.92 Å². The summed E-state index contributed by atoms with van der Waals surface area (Å²) in [6, 6.07) is 9.14. The molecular weight excluding hydrogens is 240 g/mol. The van der Waals surface area contributed by atoms with Gasteiger partial charge in [-0.05, 0) is 12.0 Å². The van der Waals surface area contributed by atoms with E-state index >= 15 is 0 Å². The van der Waals surface area contributed by atoms with Gasteiger partial charge in [-0.15, -0.1) is 0 Å². The number of carbonyl (C=O) groups is 1. The van der Waals surface area contributed by atoms with Gasteiger partial charge in [-0.2, -0.15) is 0 Å². The maximum absolute atomic E-state index is 11.5. The number of hydrogen-bond acceptors (Lipinski definition) is 2. The highest BCUT2D eigenvalue weighted by molar-refractivity contribution is 6.16. The Hall–Kier alpha value is -1.77. The molecule has 0 spiro atoms. The molecule has 0 amide bonds. The summed E-state index contributed by atoms with van der Waals surface area (Å²) in [4.78, 5) is 11.5. The minimum absolute atomic E-state index is 0.277. The highest BCUT2D eigenvalue weighted by Gasteiger charge is 2.17. The molecular formula is C16H22O3. The lowest BCUT2D eigenvalue weighted by molar-refractivity contribution is -0.130. The normalized spacial score (nSPS) is 11.9. The van der Waals surface area contributed by atoms with E-state index in [1.807, 2.05) is 18.2 Å². The number of benzene rings is 1. The Labute approximate surface area is 114 Å². The van der Waals surface area contributed by atoms with Crippen LogP contribution in [-0.2, 0) is 9.53 Å². The molecule has 1 rings (SSSR count). The number of rotatable bonds is 8. The van der Waals surface area contributed by atoms with Gasteiger partial charge in [0.25, 0.3) is 0 Å². The van der Waals surface area contributed by atoms with Crippen LogP contribution in [0.25, 0.3) is 5.57 Å². The first-order valence-corrected chi connectivity index (χ1v) is 6.76. The average Bonchev–Trinajstić information content (AvgIpc) is 2.42. The van der Waals surface area contributed by atoms with E-state index in [0.29, 0.717) is 17.7 Å². The molecule has 1 aromatic carbocycles. The zero-order valence-corrected chi connectivity index (χ0v) is 11.7. The maximum atomic E-state index is 11.5. The quantitative estimate of drug-likeness (QED) is 0.436. The molecule has 0 heterocycles. The number of hydrogen-bond donors (Lipinski definition) is 1. The van der Waals surface area contributed by atoms with Gasteiger partial charge in [-0.25, -0.2) is 4.79 Å². The lowest BCUT2D eigenvalue weighted by Crippen LogP contribution is -2.05. The van der Waals surface area contributed by atoms with Crippen LogP contribution in [-0.4, -0.2) is 18.2 Å². The molecule has 19 heavy (non-hydrogen) atoms. The van der Waals surface area contributed by atoms with Crippen LogP contribution in [0.1, 0.15) is 44.6 Å². The Morgan fingerprint density at radius 2 is 1.84 bits per heavy atom. The Bertz CT molecular complexity index is 421. The van der Waals surface area contributed by atoms with Crippen LogP contribution in [0.4, 0.5) is 0 Å². The van der Waals surface area contributed by atoms with E-state index in [-0.39, 0.29) is 5.57 Å². The van der Waals surface area contributed by atoms with Gasteiger partial charge < -0.3 is 9.84 Å². The minimum atomic E-state index is -0.932. The Balaban J connectivity index is 2.91. The smallest absolute Gasteiger partial charge is 0.339 e. The van der Waals surface area contributed by atoms with Gasteiger partial charge in [0.15, 0.2) is 0 Å². The summed E-state index contributed by atoms with van der Waals surface area (Å²) in [5.41, 5.74) is 0.974. The van der Waals surface area contributed by atoms with Crippen LogP contribution >= 0.6 is 0 Å². The topological polar surface area (TPSA) is 46.5 Å². The van der Waals surface area contributed by atoms with Crippen molar-refractivity contribution in [3.63, 3.8) is 0 Å². The van der Waals surface area contributed by atoms with Crippen molar-refractivity contribution in [1.82, 2.24) is 0 Å². The minimum Gasteiger partial charge on any atom is -0.500 e. The fourth-order valence-corrected chi connectivity index (χ4v) is 2.05. The summed E-state index contributed by atoms with van der Waals surface area (Å²) in [5.74, 6) is -0.367. The van der Waals surface area contributed by atoms with Gasteiger partial charge in [-0.3, -0.25) is 0 Å². The molecule has 0 saturated heterocycles. The Kier molecular flexibility index (Phi) is 6.72. The molecule has 0 saturated carbocycles. The number of methoxy groups -OCH3 is 1. The second kappa shape index (κ2) is 8.35. The van der Waals surface area contributed by atoms with E-state index in [0.717, 1.165) is 19.3 Å². The standard InChI is InChI=1S/C16H22O3/c1-3-4-5-9-12-14(19-2)15(16(17)18)13-10-7-6-8-11-13/h6-8,10-11H,3-5,9,12H2,1-2H3,(H,17,18). The predicted molar refractivity (Wildman–Crippen MR) is 76.8 cm³/mol. The lowest BCUT2D eigenvalue weighted by Gasteiger charge is -2.11. The third kappa shape index (κ3) is 4.78. The van der Waals surface area contributed by atoms with Gasteiger partial charge in [0.2, 0.25) is 0 Å². The van der Waals surface area contributed by atoms with Crippen LogP contribution < -0.4 is 0 Å². The summed E-state index contributed by atoms with van der Waals surface area (Å²) in [5, 5.41) is 9.39. The van der Waals surface area contributed by atoms with Crippen LogP contribution in [0.15, 0.2) is 36.1 Å². The lowest BCUT2D eigenvalue weighted by atomic mass is 10.0. The third-order valence-electron chi connectivity index (χ3n) is 3.06. The van der Waals surface area contributed by atoms with E-state index in [1.54, 1.807) is 19.2 Å². The SMILES string of the molecule is CCCCCCC(OC)=C(C(=O)O)c1ccccc1. The van der Waals surface area contributed by atoms with Gasteiger partial charge in [0, 0.05) is 6.42 Å². The number of aliphatic carboxylic acids is 1. The van der Waals surface area contributed by atoms with E-state index in [9.17, 15) is 9.90 Å². The van der Waals surface area contributed by atoms with Crippen molar-refractivity contribution in [1.29, 1.82) is 0 Å².